The monoisotopic (exact) mass is 337 g/mol. The van der Waals surface area contributed by atoms with Crippen molar-refractivity contribution in [1.82, 2.24) is 15.5 Å². The number of carboxylic acids is 1. The van der Waals surface area contributed by atoms with E-state index in [-0.39, 0.29) is 24.7 Å². The molecule has 0 spiro atoms. The summed E-state index contributed by atoms with van der Waals surface area (Å²) in [5, 5.41) is 15.1. The second-order valence-corrected chi connectivity index (χ2v) is 7.80. The quantitative estimate of drug-likeness (QED) is 0.665. The molecule has 6 heteroatoms. The maximum Gasteiger partial charge on any atom is 0.317 e. The molecule has 2 atom stereocenters. The van der Waals surface area contributed by atoms with Crippen LogP contribution in [0.15, 0.2) is 0 Å². The molecule has 0 heterocycles. The molecule has 0 saturated heterocycles. The standard InChI is InChI=1S/C18H31N3O3/c1-2-21(11-17(22)23)14-8-13(9-14)19-18(24)20-16-10-15(16)12-6-4-3-5-7-12/h12-16H,2-11H2,1H3,(H,22,23)(H2,19,20,24)/t13?,14?,15-,16+/m0/s1. The predicted molar refractivity (Wildman–Crippen MR) is 91.8 cm³/mol. The zero-order chi connectivity index (χ0) is 17.1. The summed E-state index contributed by atoms with van der Waals surface area (Å²) in [4.78, 5) is 24.9. The Balaban J connectivity index is 1.32. The number of urea groups is 1. The average molecular weight is 337 g/mol. The first-order valence-corrected chi connectivity index (χ1v) is 9.59. The fourth-order valence-corrected chi connectivity index (χ4v) is 4.54. The van der Waals surface area contributed by atoms with Crippen LogP contribution in [0, 0.1) is 11.8 Å². The van der Waals surface area contributed by atoms with Crippen molar-refractivity contribution in [2.45, 2.75) is 76.4 Å². The summed E-state index contributed by atoms with van der Waals surface area (Å²) < 4.78 is 0. The molecule has 0 bridgehead atoms. The molecule has 136 valence electrons. The zero-order valence-corrected chi connectivity index (χ0v) is 14.7. The van der Waals surface area contributed by atoms with Gasteiger partial charge in [0.2, 0.25) is 0 Å². The third kappa shape index (κ3) is 4.41. The Morgan fingerprint density at radius 1 is 1.08 bits per heavy atom. The first-order chi connectivity index (χ1) is 11.6. The van der Waals surface area contributed by atoms with E-state index in [0.29, 0.717) is 12.0 Å². The van der Waals surface area contributed by atoms with Crippen LogP contribution in [-0.4, -0.2) is 53.2 Å². The van der Waals surface area contributed by atoms with Crippen LogP contribution < -0.4 is 10.6 Å². The van der Waals surface area contributed by atoms with Crippen LogP contribution >= 0.6 is 0 Å². The van der Waals surface area contributed by atoms with Crippen molar-refractivity contribution in [2.75, 3.05) is 13.1 Å². The Morgan fingerprint density at radius 3 is 2.42 bits per heavy atom. The summed E-state index contributed by atoms with van der Waals surface area (Å²) >= 11 is 0. The summed E-state index contributed by atoms with van der Waals surface area (Å²) in [6.07, 6.45) is 9.61. The molecule has 6 nitrogen and oxygen atoms in total. The number of carboxylic acid groups (broad SMARTS) is 1. The average Bonchev–Trinajstić information content (AvgIpc) is 3.28. The van der Waals surface area contributed by atoms with Crippen LogP contribution in [0.5, 0.6) is 0 Å². The van der Waals surface area contributed by atoms with E-state index in [4.69, 9.17) is 5.11 Å². The smallest absolute Gasteiger partial charge is 0.317 e. The number of nitrogens with one attached hydrogen (secondary N) is 2. The maximum atomic E-state index is 12.1. The number of carbonyl (C=O) groups excluding carboxylic acids is 1. The minimum Gasteiger partial charge on any atom is -0.480 e. The van der Waals surface area contributed by atoms with E-state index in [1.54, 1.807) is 0 Å². The molecular weight excluding hydrogens is 306 g/mol. The molecular formula is C18H31N3O3. The zero-order valence-electron chi connectivity index (χ0n) is 14.7. The second kappa shape index (κ2) is 7.72. The van der Waals surface area contributed by atoms with Gasteiger partial charge in [0.15, 0.2) is 0 Å². The van der Waals surface area contributed by atoms with Gasteiger partial charge in [-0.25, -0.2) is 4.79 Å². The van der Waals surface area contributed by atoms with Crippen molar-refractivity contribution < 1.29 is 14.7 Å². The summed E-state index contributed by atoms with van der Waals surface area (Å²) in [7, 11) is 0. The molecule has 0 unspecified atom stereocenters. The summed E-state index contributed by atoms with van der Waals surface area (Å²) in [5.74, 6) is 0.746. The lowest BCUT2D eigenvalue weighted by atomic mass is 9.85. The van der Waals surface area contributed by atoms with Crippen LogP contribution in [0.25, 0.3) is 0 Å². The molecule has 3 fully saturated rings. The van der Waals surface area contributed by atoms with Crippen molar-refractivity contribution >= 4 is 12.0 Å². The largest absolute Gasteiger partial charge is 0.480 e. The van der Waals surface area contributed by atoms with E-state index in [1.807, 2.05) is 11.8 Å². The summed E-state index contributed by atoms with van der Waals surface area (Å²) in [6, 6.07) is 0.809. The van der Waals surface area contributed by atoms with Crippen LogP contribution in [0.4, 0.5) is 4.79 Å². The van der Waals surface area contributed by atoms with Crippen LogP contribution in [0.3, 0.4) is 0 Å². The molecule has 2 amide bonds. The Hall–Kier alpha value is -1.30. The highest BCUT2D eigenvalue weighted by Gasteiger charge is 2.44. The molecule has 0 aromatic rings. The third-order valence-corrected chi connectivity index (χ3v) is 6.12. The van der Waals surface area contributed by atoms with Crippen molar-refractivity contribution in [2.24, 2.45) is 11.8 Å². The SMILES string of the molecule is CCN(CC(=O)O)C1CC(NC(=O)N[C@@H]2C[C@H]2C2CCCCC2)C1. The van der Waals surface area contributed by atoms with Gasteiger partial charge in [-0.15, -0.1) is 0 Å². The third-order valence-electron chi connectivity index (χ3n) is 6.12. The van der Waals surface area contributed by atoms with Crippen molar-refractivity contribution in [3.8, 4) is 0 Å². The fraction of sp³-hybridized carbons (Fsp3) is 0.889. The first kappa shape index (κ1) is 17.5. The molecule has 3 N–H and O–H groups in total. The molecule has 3 rings (SSSR count). The van der Waals surface area contributed by atoms with Gasteiger partial charge in [-0.05, 0) is 37.6 Å². The van der Waals surface area contributed by atoms with Crippen LogP contribution in [0.2, 0.25) is 0 Å². The van der Waals surface area contributed by atoms with Gasteiger partial charge in [-0.1, -0.05) is 39.0 Å². The van der Waals surface area contributed by atoms with Gasteiger partial charge < -0.3 is 15.7 Å². The number of rotatable bonds is 7. The summed E-state index contributed by atoms with van der Waals surface area (Å²) in [6.45, 7) is 2.81. The Kier molecular flexibility index (Phi) is 5.64. The van der Waals surface area contributed by atoms with Gasteiger partial charge in [0.25, 0.3) is 0 Å². The molecule has 0 aromatic carbocycles. The minimum atomic E-state index is -0.784. The lowest BCUT2D eigenvalue weighted by Crippen LogP contribution is -2.56. The number of hydrogen-bond acceptors (Lipinski definition) is 3. The van der Waals surface area contributed by atoms with E-state index in [0.717, 1.165) is 31.7 Å². The number of hydrogen-bond donors (Lipinski definition) is 3. The molecule has 0 radical (unpaired) electrons. The van der Waals surface area contributed by atoms with Gasteiger partial charge in [0.1, 0.15) is 0 Å². The molecule has 3 aliphatic carbocycles. The Labute approximate surface area is 144 Å². The lowest BCUT2D eigenvalue weighted by Gasteiger charge is -2.42. The van der Waals surface area contributed by atoms with Gasteiger partial charge in [0, 0.05) is 18.1 Å². The van der Waals surface area contributed by atoms with E-state index in [2.05, 4.69) is 10.6 Å². The highest BCUT2D eigenvalue weighted by Crippen LogP contribution is 2.44. The number of amides is 2. The highest BCUT2D eigenvalue weighted by atomic mass is 16.4. The first-order valence-electron chi connectivity index (χ1n) is 9.59. The van der Waals surface area contributed by atoms with Gasteiger partial charge in [-0.2, -0.15) is 0 Å². The number of aliphatic carboxylic acids is 1. The van der Waals surface area contributed by atoms with E-state index in [9.17, 15) is 9.59 Å². The van der Waals surface area contributed by atoms with Gasteiger partial charge >= 0.3 is 12.0 Å². The Morgan fingerprint density at radius 2 is 1.79 bits per heavy atom. The molecule has 3 aliphatic rings. The number of likely N-dealkylation sites (N-methyl/N-ethyl adjacent to an activating group) is 1. The van der Waals surface area contributed by atoms with E-state index in [1.165, 1.54) is 32.1 Å². The van der Waals surface area contributed by atoms with Crippen molar-refractivity contribution in [1.29, 1.82) is 0 Å². The topological polar surface area (TPSA) is 81.7 Å². The van der Waals surface area contributed by atoms with Crippen LogP contribution in [-0.2, 0) is 4.79 Å². The highest BCUT2D eigenvalue weighted by molar-refractivity contribution is 5.75. The molecule has 3 saturated carbocycles. The fourth-order valence-electron chi connectivity index (χ4n) is 4.54. The molecule has 0 aromatic heterocycles. The number of carbonyl (C=O) groups is 2. The summed E-state index contributed by atoms with van der Waals surface area (Å²) in [5.41, 5.74) is 0. The van der Waals surface area contributed by atoms with E-state index >= 15 is 0 Å². The van der Waals surface area contributed by atoms with Crippen molar-refractivity contribution in [3.05, 3.63) is 0 Å². The normalized spacial score (nSPS) is 32.9. The van der Waals surface area contributed by atoms with Crippen molar-refractivity contribution in [3.63, 3.8) is 0 Å². The second-order valence-electron chi connectivity index (χ2n) is 7.80. The molecule has 24 heavy (non-hydrogen) atoms. The predicted octanol–water partition coefficient (Wildman–Crippen LogP) is 2.19. The van der Waals surface area contributed by atoms with Gasteiger partial charge in [0.05, 0.1) is 6.54 Å². The molecule has 0 aliphatic heterocycles. The lowest BCUT2D eigenvalue weighted by molar-refractivity contribution is -0.139. The minimum absolute atomic E-state index is 0.0388. The number of nitrogens with zero attached hydrogens (tertiary/aromatic N) is 1. The van der Waals surface area contributed by atoms with Crippen LogP contribution in [0.1, 0.15) is 58.3 Å². The van der Waals surface area contributed by atoms with Gasteiger partial charge in [-0.3, -0.25) is 9.69 Å². The van der Waals surface area contributed by atoms with E-state index < -0.39 is 5.97 Å². The maximum absolute atomic E-state index is 12.1. The Bertz CT molecular complexity index is 458.